The minimum atomic E-state index is -3.56. The van der Waals surface area contributed by atoms with Gasteiger partial charge in [-0.1, -0.05) is 12.1 Å². The summed E-state index contributed by atoms with van der Waals surface area (Å²) in [5.74, 6) is 0.676. The van der Waals surface area contributed by atoms with E-state index in [4.69, 9.17) is 4.74 Å². The SMILES string of the molecule is CCOc1ccc(S(=O)(=O)N2CCCC2c2nc3ccccc3s2)cc1. The predicted octanol–water partition coefficient (Wildman–Crippen LogP) is 4.22. The van der Waals surface area contributed by atoms with Crippen molar-refractivity contribution in [2.75, 3.05) is 13.2 Å². The van der Waals surface area contributed by atoms with E-state index >= 15 is 0 Å². The van der Waals surface area contributed by atoms with Gasteiger partial charge in [-0.25, -0.2) is 13.4 Å². The van der Waals surface area contributed by atoms with Crippen LogP contribution in [0, 0.1) is 0 Å². The Bertz CT molecular complexity index is 980. The molecule has 7 heteroatoms. The third kappa shape index (κ3) is 3.11. The molecule has 1 unspecified atom stereocenters. The number of thiazole rings is 1. The van der Waals surface area contributed by atoms with Crippen molar-refractivity contribution in [3.8, 4) is 5.75 Å². The molecule has 1 atom stereocenters. The lowest BCUT2D eigenvalue weighted by Gasteiger charge is -2.22. The molecule has 26 heavy (non-hydrogen) atoms. The number of rotatable bonds is 5. The second-order valence-electron chi connectivity index (χ2n) is 6.20. The minimum Gasteiger partial charge on any atom is -0.494 e. The second-order valence-corrected chi connectivity index (χ2v) is 9.15. The maximum atomic E-state index is 13.2. The molecule has 0 spiro atoms. The topological polar surface area (TPSA) is 59.5 Å². The highest BCUT2D eigenvalue weighted by Gasteiger charge is 2.37. The first-order valence-electron chi connectivity index (χ1n) is 8.70. The number of hydrogen-bond acceptors (Lipinski definition) is 5. The molecule has 1 fully saturated rings. The van der Waals surface area contributed by atoms with Gasteiger partial charge >= 0.3 is 0 Å². The van der Waals surface area contributed by atoms with Crippen LogP contribution in [0.3, 0.4) is 0 Å². The smallest absolute Gasteiger partial charge is 0.243 e. The summed E-state index contributed by atoms with van der Waals surface area (Å²) in [6.45, 7) is 2.98. The molecule has 0 aliphatic carbocycles. The van der Waals surface area contributed by atoms with Crippen LogP contribution in [-0.4, -0.2) is 30.9 Å². The van der Waals surface area contributed by atoms with Crippen molar-refractivity contribution < 1.29 is 13.2 Å². The summed E-state index contributed by atoms with van der Waals surface area (Å²) in [7, 11) is -3.56. The van der Waals surface area contributed by atoms with Gasteiger partial charge in [0.05, 0.1) is 27.8 Å². The average Bonchev–Trinajstić information content (AvgIpc) is 3.29. The number of fused-ring (bicyclic) bond motifs is 1. The van der Waals surface area contributed by atoms with E-state index in [-0.39, 0.29) is 6.04 Å². The number of benzene rings is 2. The fourth-order valence-electron chi connectivity index (χ4n) is 3.32. The summed E-state index contributed by atoms with van der Waals surface area (Å²) < 4.78 is 34.4. The predicted molar refractivity (Wildman–Crippen MR) is 103 cm³/mol. The van der Waals surface area contributed by atoms with Gasteiger partial charge < -0.3 is 4.74 Å². The zero-order chi connectivity index (χ0) is 18.1. The Kier molecular flexibility index (Phi) is 4.69. The fraction of sp³-hybridized carbons (Fsp3) is 0.316. The molecule has 0 N–H and O–H groups in total. The molecule has 3 aromatic rings. The number of aromatic nitrogens is 1. The molecule has 5 nitrogen and oxygen atoms in total. The molecule has 1 aliphatic rings. The fourth-order valence-corrected chi connectivity index (χ4v) is 6.16. The highest BCUT2D eigenvalue weighted by molar-refractivity contribution is 7.89. The van der Waals surface area contributed by atoms with Crippen LogP contribution in [-0.2, 0) is 10.0 Å². The number of hydrogen-bond donors (Lipinski definition) is 0. The highest BCUT2D eigenvalue weighted by Crippen LogP contribution is 2.39. The summed E-state index contributed by atoms with van der Waals surface area (Å²) in [5.41, 5.74) is 0.929. The van der Waals surface area contributed by atoms with E-state index < -0.39 is 10.0 Å². The Morgan fingerprint density at radius 3 is 2.69 bits per heavy atom. The van der Waals surface area contributed by atoms with Crippen molar-refractivity contribution in [3.05, 3.63) is 53.5 Å². The van der Waals surface area contributed by atoms with E-state index in [0.717, 1.165) is 28.1 Å². The van der Waals surface area contributed by atoms with Gasteiger partial charge in [-0.05, 0) is 56.2 Å². The summed E-state index contributed by atoms with van der Waals surface area (Å²) in [5, 5.41) is 0.873. The summed E-state index contributed by atoms with van der Waals surface area (Å²) in [4.78, 5) is 4.98. The number of nitrogens with zero attached hydrogens (tertiary/aromatic N) is 2. The lowest BCUT2D eigenvalue weighted by Crippen LogP contribution is -2.30. The maximum Gasteiger partial charge on any atom is 0.243 e. The van der Waals surface area contributed by atoms with Crippen LogP contribution >= 0.6 is 11.3 Å². The first kappa shape index (κ1) is 17.5. The van der Waals surface area contributed by atoms with Crippen LogP contribution in [0.1, 0.15) is 30.8 Å². The van der Waals surface area contributed by atoms with Crippen molar-refractivity contribution >= 4 is 31.6 Å². The van der Waals surface area contributed by atoms with Gasteiger partial charge in [-0.2, -0.15) is 4.31 Å². The van der Waals surface area contributed by atoms with Gasteiger partial charge in [0.1, 0.15) is 10.8 Å². The molecule has 1 aliphatic heterocycles. The number of sulfonamides is 1. The Morgan fingerprint density at radius 2 is 1.96 bits per heavy atom. The van der Waals surface area contributed by atoms with E-state index in [2.05, 4.69) is 4.98 Å². The van der Waals surface area contributed by atoms with E-state index in [1.54, 1.807) is 39.9 Å². The van der Waals surface area contributed by atoms with E-state index in [0.29, 0.717) is 23.8 Å². The van der Waals surface area contributed by atoms with Crippen LogP contribution in [0.25, 0.3) is 10.2 Å². The first-order valence-corrected chi connectivity index (χ1v) is 11.0. The Labute approximate surface area is 157 Å². The van der Waals surface area contributed by atoms with Gasteiger partial charge in [0.15, 0.2) is 0 Å². The van der Waals surface area contributed by atoms with Crippen molar-refractivity contribution in [2.45, 2.75) is 30.7 Å². The standard InChI is InChI=1S/C19H20N2O3S2/c1-2-24-14-9-11-15(12-10-14)26(22,23)21-13-5-7-17(21)19-20-16-6-3-4-8-18(16)25-19/h3-4,6,8-12,17H,2,5,7,13H2,1H3. The minimum absolute atomic E-state index is 0.191. The third-order valence-corrected chi connectivity index (χ3v) is 7.60. The quantitative estimate of drug-likeness (QED) is 0.657. The zero-order valence-electron chi connectivity index (χ0n) is 14.5. The van der Waals surface area contributed by atoms with Gasteiger partial charge in [0.25, 0.3) is 0 Å². The van der Waals surface area contributed by atoms with Gasteiger partial charge in [0, 0.05) is 6.54 Å². The monoisotopic (exact) mass is 388 g/mol. The molecule has 2 aromatic carbocycles. The third-order valence-electron chi connectivity index (χ3n) is 4.54. The van der Waals surface area contributed by atoms with Crippen LogP contribution in [0.2, 0.25) is 0 Å². The Hall–Kier alpha value is -1.96. The molecule has 4 rings (SSSR count). The molecule has 0 bridgehead atoms. The van der Waals surface area contributed by atoms with Crippen molar-refractivity contribution in [1.82, 2.24) is 9.29 Å². The van der Waals surface area contributed by atoms with Crippen LogP contribution < -0.4 is 4.74 Å². The van der Waals surface area contributed by atoms with E-state index in [9.17, 15) is 8.42 Å². The summed E-state index contributed by atoms with van der Waals surface area (Å²) in [6, 6.07) is 14.4. The molecule has 0 saturated carbocycles. The lowest BCUT2D eigenvalue weighted by molar-refractivity contribution is 0.340. The zero-order valence-corrected chi connectivity index (χ0v) is 16.1. The first-order chi connectivity index (χ1) is 12.6. The maximum absolute atomic E-state index is 13.2. The average molecular weight is 389 g/mol. The van der Waals surface area contributed by atoms with E-state index in [1.165, 1.54) is 0 Å². The van der Waals surface area contributed by atoms with Gasteiger partial charge in [-0.15, -0.1) is 11.3 Å². The van der Waals surface area contributed by atoms with Crippen LogP contribution in [0.4, 0.5) is 0 Å². The Balaban J connectivity index is 1.66. The normalized spacial score (nSPS) is 18.4. The second kappa shape index (κ2) is 6.98. The van der Waals surface area contributed by atoms with Crippen molar-refractivity contribution in [2.24, 2.45) is 0 Å². The number of para-hydroxylation sites is 1. The molecular weight excluding hydrogens is 368 g/mol. The molecule has 0 amide bonds. The molecule has 1 aromatic heterocycles. The largest absolute Gasteiger partial charge is 0.494 e. The lowest BCUT2D eigenvalue weighted by atomic mass is 10.2. The van der Waals surface area contributed by atoms with Crippen molar-refractivity contribution in [3.63, 3.8) is 0 Å². The summed E-state index contributed by atoms with van der Waals surface area (Å²) in [6.07, 6.45) is 1.65. The Morgan fingerprint density at radius 1 is 1.19 bits per heavy atom. The molecule has 1 saturated heterocycles. The highest BCUT2D eigenvalue weighted by atomic mass is 32.2. The summed E-state index contributed by atoms with van der Waals surface area (Å²) >= 11 is 1.58. The molecule has 2 heterocycles. The number of ether oxygens (including phenoxy) is 1. The van der Waals surface area contributed by atoms with Crippen LogP contribution in [0.5, 0.6) is 5.75 Å². The molecular formula is C19H20N2O3S2. The molecule has 0 radical (unpaired) electrons. The van der Waals surface area contributed by atoms with Crippen LogP contribution in [0.15, 0.2) is 53.4 Å². The van der Waals surface area contributed by atoms with Crippen molar-refractivity contribution in [1.29, 1.82) is 0 Å². The van der Waals surface area contributed by atoms with Gasteiger partial charge in [-0.3, -0.25) is 0 Å². The molecule has 136 valence electrons. The van der Waals surface area contributed by atoms with E-state index in [1.807, 2.05) is 31.2 Å². The van der Waals surface area contributed by atoms with Gasteiger partial charge in [0.2, 0.25) is 10.0 Å².